The summed E-state index contributed by atoms with van der Waals surface area (Å²) in [4.78, 5) is 30.6. The van der Waals surface area contributed by atoms with Gasteiger partial charge in [0.1, 0.15) is 30.5 Å². The number of aliphatic hydroxyl groups excluding tert-OH is 1. The highest BCUT2D eigenvalue weighted by Crippen LogP contribution is 2.40. The molecular weight excluding hydrogens is 552 g/mol. The van der Waals surface area contributed by atoms with Gasteiger partial charge in [-0.15, -0.1) is 0 Å². The number of hydrogen-bond donors (Lipinski definition) is 1. The monoisotopic (exact) mass is 590 g/mol. The summed E-state index contributed by atoms with van der Waals surface area (Å²) < 4.78 is 11.9. The molecule has 226 valence electrons. The van der Waals surface area contributed by atoms with E-state index in [1.807, 2.05) is 84.9 Å². The summed E-state index contributed by atoms with van der Waals surface area (Å²) in [6.07, 6.45) is 0. The van der Waals surface area contributed by atoms with Crippen LogP contribution in [0.15, 0.2) is 115 Å². The Balaban J connectivity index is 1.41. The Morgan fingerprint density at radius 2 is 1.23 bits per heavy atom. The number of amides is 1. The Hall–Kier alpha value is -4.88. The van der Waals surface area contributed by atoms with Crippen LogP contribution >= 0.6 is 0 Å². The Morgan fingerprint density at radius 3 is 1.73 bits per heavy atom. The Bertz CT molecular complexity index is 1560. The number of carbonyl (C=O) groups excluding carboxylic acids is 2. The Labute approximate surface area is 259 Å². The van der Waals surface area contributed by atoms with Gasteiger partial charge in [-0.25, -0.2) is 0 Å². The van der Waals surface area contributed by atoms with E-state index in [2.05, 4.69) is 18.7 Å². The molecule has 44 heavy (non-hydrogen) atoms. The van der Waals surface area contributed by atoms with Crippen molar-refractivity contribution in [2.75, 3.05) is 26.2 Å². The largest absolute Gasteiger partial charge is 0.507 e. The molecule has 0 radical (unpaired) electrons. The third kappa shape index (κ3) is 7.18. The number of ether oxygens (including phenoxy) is 2. The van der Waals surface area contributed by atoms with Crippen molar-refractivity contribution in [3.8, 4) is 11.5 Å². The molecule has 1 aliphatic rings. The Kier molecular flexibility index (Phi) is 10.1. The fourth-order valence-corrected chi connectivity index (χ4v) is 5.34. The van der Waals surface area contributed by atoms with Crippen molar-refractivity contribution >= 4 is 17.4 Å². The van der Waals surface area contributed by atoms with E-state index < -0.39 is 17.7 Å². The van der Waals surface area contributed by atoms with Gasteiger partial charge in [0.2, 0.25) is 0 Å². The summed E-state index contributed by atoms with van der Waals surface area (Å²) in [7, 11) is 0. The van der Waals surface area contributed by atoms with Crippen molar-refractivity contribution in [3.63, 3.8) is 0 Å². The first kappa shape index (κ1) is 30.6. The van der Waals surface area contributed by atoms with Crippen LogP contribution in [-0.4, -0.2) is 52.8 Å². The van der Waals surface area contributed by atoms with E-state index in [9.17, 15) is 14.7 Å². The standard InChI is InChI=1S/C37H38N2O5/c1-3-38(4-2)23-24-39-34(29-15-19-31(20-16-29)43-25-27-11-7-5-8-12-27)33(36(41)37(39)42)35(40)30-17-21-32(22-18-30)44-26-28-13-9-6-10-14-28/h5-22,34,40H,3-4,23-26H2,1-2H3. The predicted octanol–water partition coefficient (Wildman–Crippen LogP) is 6.61. The number of Topliss-reactive ketones (excluding diaryl/α,β-unsaturated/α-hetero) is 1. The number of carbonyl (C=O) groups is 2. The second kappa shape index (κ2) is 14.5. The maximum atomic E-state index is 13.5. The van der Waals surface area contributed by atoms with Crippen LogP contribution < -0.4 is 9.47 Å². The number of nitrogens with zero attached hydrogens (tertiary/aromatic N) is 2. The minimum atomic E-state index is -0.734. The van der Waals surface area contributed by atoms with Crippen molar-refractivity contribution < 1.29 is 24.2 Å². The minimum Gasteiger partial charge on any atom is -0.507 e. The molecule has 1 heterocycles. The zero-order chi connectivity index (χ0) is 30.9. The SMILES string of the molecule is CCN(CC)CCN1C(=O)C(=O)C(=C(O)c2ccc(OCc3ccccc3)cc2)C1c1ccc(OCc2ccccc2)cc1. The van der Waals surface area contributed by atoms with Gasteiger partial charge in [0.05, 0.1) is 11.6 Å². The lowest BCUT2D eigenvalue weighted by atomic mass is 9.95. The average Bonchev–Trinajstić information content (AvgIpc) is 3.33. The lowest BCUT2D eigenvalue weighted by Crippen LogP contribution is -2.38. The van der Waals surface area contributed by atoms with E-state index in [1.54, 1.807) is 29.2 Å². The third-order valence-corrected chi connectivity index (χ3v) is 7.91. The van der Waals surface area contributed by atoms with Crippen LogP contribution in [0.2, 0.25) is 0 Å². The van der Waals surface area contributed by atoms with Crippen molar-refractivity contribution in [1.29, 1.82) is 0 Å². The summed E-state index contributed by atoms with van der Waals surface area (Å²) >= 11 is 0. The number of hydrogen-bond acceptors (Lipinski definition) is 6. The maximum absolute atomic E-state index is 13.5. The van der Waals surface area contributed by atoms with Crippen LogP contribution in [0.5, 0.6) is 11.5 Å². The van der Waals surface area contributed by atoms with Crippen LogP contribution in [0, 0.1) is 0 Å². The van der Waals surface area contributed by atoms with E-state index in [1.165, 1.54) is 0 Å². The summed E-state index contributed by atoms with van der Waals surface area (Å²) in [5.41, 5.74) is 3.33. The van der Waals surface area contributed by atoms with Crippen molar-refractivity contribution in [2.24, 2.45) is 0 Å². The maximum Gasteiger partial charge on any atom is 0.295 e. The molecule has 4 aromatic rings. The van der Waals surface area contributed by atoms with Crippen LogP contribution in [0.1, 0.15) is 42.1 Å². The van der Waals surface area contributed by atoms with Gasteiger partial charge in [-0.3, -0.25) is 9.59 Å². The molecule has 1 fully saturated rings. The second-order valence-electron chi connectivity index (χ2n) is 10.7. The molecule has 7 nitrogen and oxygen atoms in total. The first-order valence-electron chi connectivity index (χ1n) is 15.0. The quantitative estimate of drug-likeness (QED) is 0.107. The second-order valence-corrected chi connectivity index (χ2v) is 10.7. The molecule has 1 saturated heterocycles. The molecule has 1 atom stereocenters. The van der Waals surface area contributed by atoms with Gasteiger partial charge >= 0.3 is 0 Å². The third-order valence-electron chi connectivity index (χ3n) is 7.91. The number of benzene rings is 4. The minimum absolute atomic E-state index is 0.0745. The molecule has 1 aliphatic heterocycles. The van der Waals surface area contributed by atoms with Gasteiger partial charge in [-0.2, -0.15) is 0 Å². The highest BCUT2D eigenvalue weighted by Gasteiger charge is 2.46. The number of likely N-dealkylation sites (N-methyl/N-ethyl adjacent to an activating group) is 1. The molecule has 0 saturated carbocycles. The summed E-state index contributed by atoms with van der Waals surface area (Å²) in [6, 6.07) is 33.3. The molecule has 4 aromatic carbocycles. The molecule has 0 bridgehead atoms. The number of likely N-dealkylation sites (tertiary alicyclic amines) is 1. The highest BCUT2D eigenvalue weighted by atomic mass is 16.5. The summed E-state index contributed by atoms with van der Waals surface area (Å²) in [5, 5.41) is 11.5. The normalized spacial score (nSPS) is 16.0. The zero-order valence-electron chi connectivity index (χ0n) is 25.2. The summed E-state index contributed by atoms with van der Waals surface area (Å²) in [5.74, 6) is -0.217. The fourth-order valence-electron chi connectivity index (χ4n) is 5.34. The van der Waals surface area contributed by atoms with Gasteiger partial charge in [0.15, 0.2) is 0 Å². The number of ketones is 1. The molecular formula is C37H38N2O5. The van der Waals surface area contributed by atoms with Crippen molar-refractivity contribution in [2.45, 2.75) is 33.1 Å². The zero-order valence-corrected chi connectivity index (χ0v) is 25.2. The van der Waals surface area contributed by atoms with E-state index >= 15 is 0 Å². The van der Waals surface area contributed by atoms with Gasteiger partial charge in [-0.1, -0.05) is 86.6 Å². The molecule has 1 N–H and O–H groups in total. The summed E-state index contributed by atoms with van der Waals surface area (Å²) in [6.45, 7) is 7.60. The van der Waals surface area contributed by atoms with Gasteiger partial charge < -0.3 is 24.4 Å². The molecule has 0 aromatic heterocycles. The molecule has 1 amide bonds. The molecule has 7 heteroatoms. The first-order chi connectivity index (χ1) is 21.5. The molecule has 0 aliphatic carbocycles. The first-order valence-corrected chi connectivity index (χ1v) is 15.0. The van der Waals surface area contributed by atoms with Crippen molar-refractivity contribution in [1.82, 2.24) is 9.80 Å². The topological polar surface area (TPSA) is 79.3 Å². The average molecular weight is 591 g/mol. The van der Waals surface area contributed by atoms with Crippen molar-refractivity contribution in [3.05, 3.63) is 137 Å². The lowest BCUT2D eigenvalue weighted by molar-refractivity contribution is -0.140. The number of aliphatic hydroxyl groups is 1. The van der Waals surface area contributed by atoms with Gasteiger partial charge in [0.25, 0.3) is 11.7 Å². The van der Waals surface area contributed by atoms with E-state index in [-0.39, 0.29) is 11.3 Å². The van der Waals surface area contributed by atoms with Crippen LogP contribution in [-0.2, 0) is 22.8 Å². The van der Waals surface area contributed by atoms with Crippen LogP contribution in [0.3, 0.4) is 0 Å². The smallest absolute Gasteiger partial charge is 0.295 e. The fraction of sp³-hybridized carbons (Fsp3) is 0.243. The molecule has 1 unspecified atom stereocenters. The predicted molar refractivity (Wildman–Crippen MR) is 171 cm³/mol. The van der Waals surface area contributed by atoms with E-state index in [0.29, 0.717) is 43.4 Å². The molecule has 5 rings (SSSR count). The van der Waals surface area contributed by atoms with Gasteiger partial charge in [0, 0.05) is 18.7 Å². The van der Waals surface area contributed by atoms with E-state index in [0.717, 1.165) is 29.8 Å². The van der Waals surface area contributed by atoms with Crippen LogP contribution in [0.25, 0.3) is 5.76 Å². The van der Waals surface area contributed by atoms with E-state index in [4.69, 9.17) is 9.47 Å². The van der Waals surface area contributed by atoms with Crippen LogP contribution in [0.4, 0.5) is 0 Å². The Morgan fingerprint density at radius 1 is 0.727 bits per heavy atom. The van der Waals surface area contributed by atoms with Gasteiger partial charge in [-0.05, 0) is 66.2 Å². The highest BCUT2D eigenvalue weighted by molar-refractivity contribution is 6.46. The number of rotatable bonds is 13. The molecule has 0 spiro atoms. The lowest BCUT2D eigenvalue weighted by Gasteiger charge is -2.28.